The summed E-state index contributed by atoms with van der Waals surface area (Å²) in [6, 6.07) is 8.42. The van der Waals surface area contributed by atoms with Crippen LogP contribution in [0.3, 0.4) is 0 Å². The first-order valence-electron chi connectivity index (χ1n) is 11.5. The van der Waals surface area contributed by atoms with Crippen LogP contribution in [0.1, 0.15) is 63.3 Å². The van der Waals surface area contributed by atoms with Crippen LogP contribution in [0.2, 0.25) is 0 Å². The molecule has 1 heterocycles. The Balaban J connectivity index is 1.36. The van der Waals surface area contributed by atoms with Crippen molar-refractivity contribution in [3.63, 3.8) is 0 Å². The summed E-state index contributed by atoms with van der Waals surface area (Å²) in [4.78, 5) is 13.4. The summed E-state index contributed by atoms with van der Waals surface area (Å²) >= 11 is 1.73. The summed E-state index contributed by atoms with van der Waals surface area (Å²) in [7, 11) is 0. The van der Waals surface area contributed by atoms with Gasteiger partial charge in [-0.2, -0.15) is 0 Å². The fraction of sp³-hybridized carbons (Fsp3) is 0.625. The quantitative estimate of drug-likeness (QED) is 0.642. The summed E-state index contributed by atoms with van der Waals surface area (Å²) in [5, 5.41) is 13.1. The number of hydrogen-bond acceptors (Lipinski definition) is 4. The largest absolute Gasteiger partial charge is 0.348 e. The van der Waals surface area contributed by atoms with E-state index in [-0.39, 0.29) is 11.3 Å². The molecule has 4 bridgehead atoms. The molecule has 6 heteroatoms. The van der Waals surface area contributed by atoms with Gasteiger partial charge in [0.15, 0.2) is 11.0 Å². The first-order valence-corrected chi connectivity index (χ1v) is 12.5. The van der Waals surface area contributed by atoms with Gasteiger partial charge in [0.05, 0.1) is 6.54 Å². The molecule has 0 atom stereocenters. The van der Waals surface area contributed by atoms with Crippen molar-refractivity contribution in [3.8, 4) is 5.69 Å². The van der Waals surface area contributed by atoms with Crippen molar-refractivity contribution >= 4 is 17.7 Å². The lowest BCUT2D eigenvalue weighted by Gasteiger charge is -2.55. The van der Waals surface area contributed by atoms with E-state index in [1.807, 2.05) is 0 Å². The van der Waals surface area contributed by atoms with Gasteiger partial charge in [0.2, 0.25) is 5.91 Å². The number of benzene rings is 1. The van der Waals surface area contributed by atoms with Gasteiger partial charge >= 0.3 is 0 Å². The van der Waals surface area contributed by atoms with Crippen molar-refractivity contribution in [1.82, 2.24) is 20.1 Å². The zero-order valence-electron chi connectivity index (χ0n) is 18.1. The van der Waals surface area contributed by atoms with E-state index in [1.54, 1.807) is 11.8 Å². The lowest BCUT2D eigenvalue weighted by molar-refractivity contribution is -0.146. The molecule has 0 aliphatic heterocycles. The van der Waals surface area contributed by atoms with Crippen LogP contribution >= 0.6 is 11.8 Å². The van der Waals surface area contributed by atoms with Gasteiger partial charge in [-0.05, 0) is 87.3 Å². The van der Waals surface area contributed by atoms with E-state index in [0.29, 0.717) is 6.54 Å². The fourth-order valence-corrected chi connectivity index (χ4v) is 7.29. The normalized spacial score (nSPS) is 29.3. The Morgan fingerprint density at radius 2 is 1.87 bits per heavy atom. The monoisotopic (exact) mass is 424 g/mol. The maximum absolute atomic E-state index is 13.4. The second-order valence-electron chi connectivity index (χ2n) is 9.80. The summed E-state index contributed by atoms with van der Waals surface area (Å²) in [5.74, 6) is 4.39. The number of aryl methyl sites for hydroxylation is 1. The molecule has 0 unspecified atom stereocenters. The highest BCUT2D eigenvalue weighted by Crippen LogP contribution is 2.60. The predicted molar refractivity (Wildman–Crippen MR) is 120 cm³/mol. The Labute approximate surface area is 183 Å². The molecular formula is C24H32N4OS. The molecule has 4 fully saturated rings. The summed E-state index contributed by atoms with van der Waals surface area (Å²) < 4.78 is 2.12. The number of thioether (sulfide) groups is 1. The molecule has 0 saturated heterocycles. The molecule has 1 amide bonds. The van der Waals surface area contributed by atoms with Gasteiger partial charge in [0.25, 0.3) is 0 Å². The summed E-state index contributed by atoms with van der Waals surface area (Å²) in [5.41, 5.74) is 2.15. The minimum Gasteiger partial charge on any atom is -0.348 e. The minimum atomic E-state index is -0.122. The van der Waals surface area contributed by atoms with Crippen LogP contribution in [-0.4, -0.2) is 26.4 Å². The van der Waals surface area contributed by atoms with Gasteiger partial charge in [0, 0.05) is 16.9 Å². The summed E-state index contributed by atoms with van der Waals surface area (Å²) in [6.07, 6.45) is 8.42. The molecular weight excluding hydrogens is 392 g/mol. The van der Waals surface area contributed by atoms with Gasteiger partial charge in [-0.25, -0.2) is 0 Å². The molecule has 4 aliphatic rings. The number of rotatable bonds is 7. The minimum absolute atomic E-state index is 0.122. The van der Waals surface area contributed by atoms with E-state index in [1.165, 1.54) is 24.8 Å². The van der Waals surface area contributed by atoms with Crippen LogP contribution in [0.5, 0.6) is 0 Å². The molecule has 0 spiro atoms. The van der Waals surface area contributed by atoms with E-state index in [2.05, 4.69) is 58.2 Å². The van der Waals surface area contributed by atoms with Gasteiger partial charge in [-0.15, -0.1) is 10.2 Å². The fourth-order valence-electron chi connectivity index (χ4n) is 6.46. The van der Waals surface area contributed by atoms with Gasteiger partial charge < -0.3 is 5.32 Å². The Bertz CT molecular complexity index is 902. The molecule has 160 valence electrons. The first kappa shape index (κ1) is 20.1. The van der Waals surface area contributed by atoms with Crippen molar-refractivity contribution in [1.29, 1.82) is 0 Å². The molecule has 1 aromatic heterocycles. The van der Waals surface area contributed by atoms with Crippen molar-refractivity contribution in [2.75, 3.05) is 5.75 Å². The molecule has 30 heavy (non-hydrogen) atoms. The van der Waals surface area contributed by atoms with Crippen LogP contribution in [0.15, 0.2) is 29.4 Å². The zero-order chi connectivity index (χ0) is 20.7. The number of carbonyl (C=O) groups excluding carboxylic acids is 1. The smallest absolute Gasteiger partial charge is 0.226 e. The lowest BCUT2D eigenvalue weighted by atomic mass is 9.49. The van der Waals surface area contributed by atoms with Gasteiger partial charge in [-0.3, -0.25) is 9.36 Å². The average molecular weight is 425 g/mol. The molecule has 5 nitrogen and oxygen atoms in total. The van der Waals surface area contributed by atoms with Crippen molar-refractivity contribution in [2.45, 2.75) is 70.5 Å². The number of carbonyl (C=O) groups is 1. The molecule has 4 aliphatic carbocycles. The van der Waals surface area contributed by atoms with Crippen molar-refractivity contribution < 1.29 is 4.79 Å². The molecule has 6 rings (SSSR count). The van der Waals surface area contributed by atoms with E-state index in [9.17, 15) is 4.79 Å². The zero-order valence-corrected chi connectivity index (χ0v) is 18.9. The lowest BCUT2D eigenvalue weighted by Crippen LogP contribution is -2.53. The highest BCUT2D eigenvalue weighted by Gasteiger charge is 2.54. The highest BCUT2D eigenvalue weighted by molar-refractivity contribution is 7.99. The second kappa shape index (κ2) is 8.03. The van der Waals surface area contributed by atoms with Gasteiger partial charge in [0.1, 0.15) is 0 Å². The first-order chi connectivity index (χ1) is 14.6. The molecule has 1 N–H and O–H groups in total. The van der Waals surface area contributed by atoms with Crippen LogP contribution in [-0.2, 0) is 11.3 Å². The van der Waals surface area contributed by atoms with Crippen molar-refractivity contribution in [3.05, 3.63) is 35.7 Å². The average Bonchev–Trinajstić information content (AvgIpc) is 3.12. The van der Waals surface area contributed by atoms with E-state index >= 15 is 0 Å². The van der Waals surface area contributed by atoms with Crippen molar-refractivity contribution in [2.24, 2.45) is 23.2 Å². The Kier molecular flexibility index (Phi) is 5.38. The maximum atomic E-state index is 13.4. The molecule has 4 saturated carbocycles. The second-order valence-corrected chi connectivity index (χ2v) is 10.9. The molecule has 1 aromatic carbocycles. The van der Waals surface area contributed by atoms with Crippen LogP contribution in [0, 0.1) is 30.1 Å². The molecule has 0 radical (unpaired) electrons. The van der Waals surface area contributed by atoms with Crippen LogP contribution < -0.4 is 5.32 Å². The predicted octanol–water partition coefficient (Wildman–Crippen LogP) is 4.91. The maximum Gasteiger partial charge on any atom is 0.226 e. The highest BCUT2D eigenvalue weighted by atomic mass is 32.2. The topological polar surface area (TPSA) is 59.8 Å². The Morgan fingerprint density at radius 1 is 1.17 bits per heavy atom. The number of hydrogen-bond donors (Lipinski definition) is 1. The van der Waals surface area contributed by atoms with Crippen LogP contribution in [0.25, 0.3) is 5.69 Å². The van der Waals surface area contributed by atoms with E-state index in [4.69, 9.17) is 0 Å². The van der Waals surface area contributed by atoms with Crippen LogP contribution in [0.4, 0.5) is 0 Å². The Hall–Kier alpha value is -1.82. The number of nitrogens with one attached hydrogen (secondary N) is 1. The van der Waals surface area contributed by atoms with E-state index in [0.717, 1.165) is 65.9 Å². The third kappa shape index (κ3) is 3.68. The van der Waals surface area contributed by atoms with E-state index < -0.39 is 0 Å². The third-order valence-electron chi connectivity index (χ3n) is 7.32. The molecule has 2 aromatic rings. The Morgan fingerprint density at radius 3 is 2.50 bits per heavy atom. The standard InChI is InChI=1S/C24H32N4OS/c1-3-7-30-23-27-26-21(28(23)20-6-4-5-16(2)8-20)15-25-22(29)24-12-17-9-18(13-24)11-19(10-17)14-24/h4-6,8,17-19H,3,7,9-15H2,1-2H3,(H,25,29). The summed E-state index contributed by atoms with van der Waals surface area (Å²) in [6.45, 7) is 4.71. The SMILES string of the molecule is CCCSc1nnc(CNC(=O)C23CC4CC(CC(C4)C2)C3)n1-c1cccc(C)c1. The number of aromatic nitrogens is 3. The van der Waals surface area contributed by atoms with Gasteiger partial charge in [-0.1, -0.05) is 30.8 Å². The third-order valence-corrected chi connectivity index (χ3v) is 8.46. The number of nitrogens with zero attached hydrogens (tertiary/aromatic N) is 3. The number of amides is 1.